The van der Waals surface area contributed by atoms with Crippen LogP contribution in [-0.4, -0.2) is 34.5 Å². The molecule has 0 aromatic carbocycles. The molecule has 2 rings (SSSR count). The van der Waals surface area contributed by atoms with Crippen molar-refractivity contribution in [1.29, 1.82) is 0 Å². The second-order valence-electron chi connectivity index (χ2n) is 4.77. The summed E-state index contributed by atoms with van der Waals surface area (Å²) >= 11 is 0. The van der Waals surface area contributed by atoms with Gasteiger partial charge in [0.05, 0.1) is 11.8 Å². The number of nitrogens with two attached hydrogens (primary N) is 1. The number of hydrogen-bond acceptors (Lipinski definition) is 5. The SMILES string of the molecule is Cc1nn(C)c(C)c1OCC1CCC(C(=O)NN)O1. The molecule has 2 atom stereocenters. The Hall–Kier alpha value is -1.60. The standard InChI is InChI=1S/C12H20N4O3/c1-7-11(8(2)16(3)15-7)18-6-9-4-5-10(19-9)12(17)14-13/h9-10H,4-6,13H2,1-3H3,(H,14,17). The van der Waals surface area contributed by atoms with Crippen LogP contribution in [0.4, 0.5) is 0 Å². The monoisotopic (exact) mass is 268 g/mol. The normalized spacial score (nSPS) is 22.5. The third-order valence-electron chi connectivity index (χ3n) is 3.40. The molecule has 2 unspecified atom stereocenters. The number of rotatable bonds is 4. The highest BCUT2D eigenvalue weighted by molar-refractivity contribution is 5.80. The third kappa shape index (κ3) is 2.87. The van der Waals surface area contributed by atoms with Crippen LogP contribution in [0.25, 0.3) is 0 Å². The van der Waals surface area contributed by atoms with Gasteiger partial charge in [-0.05, 0) is 26.7 Å². The predicted octanol–water partition coefficient (Wildman–Crippen LogP) is -0.0468. The molecule has 0 aliphatic carbocycles. The Morgan fingerprint density at radius 3 is 2.89 bits per heavy atom. The number of amides is 1. The maximum Gasteiger partial charge on any atom is 0.263 e. The summed E-state index contributed by atoms with van der Waals surface area (Å²) in [4.78, 5) is 11.3. The zero-order valence-corrected chi connectivity index (χ0v) is 11.5. The molecule has 1 aliphatic rings. The maximum absolute atomic E-state index is 11.3. The minimum absolute atomic E-state index is 0.0821. The Bertz CT molecular complexity index is 472. The Balaban J connectivity index is 1.89. The molecule has 2 heterocycles. The number of carbonyl (C=O) groups excluding carboxylic acids is 1. The second kappa shape index (κ2) is 5.58. The van der Waals surface area contributed by atoms with E-state index in [0.29, 0.717) is 13.0 Å². The van der Waals surface area contributed by atoms with Crippen LogP contribution in [0.3, 0.4) is 0 Å². The van der Waals surface area contributed by atoms with Crippen molar-refractivity contribution in [3.63, 3.8) is 0 Å². The van der Waals surface area contributed by atoms with Crippen LogP contribution in [0.2, 0.25) is 0 Å². The highest BCUT2D eigenvalue weighted by Crippen LogP contribution is 2.24. The van der Waals surface area contributed by atoms with Crippen molar-refractivity contribution in [3.05, 3.63) is 11.4 Å². The average molecular weight is 268 g/mol. The highest BCUT2D eigenvalue weighted by Gasteiger charge is 2.31. The van der Waals surface area contributed by atoms with E-state index >= 15 is 0 Å². The van der Waals surface area contributed by atoms with Crippen molar-refractivity contribution < 1.29 is 14.3 Å². The summed E-state index contributed by atoms with van der Waals surface area (Å²) in [7, 11) is 1.88. The first kappa shape index (κ1) is 13.8. The van der Waals surface area contributed by atoms with Crippen LogP contribution in [0.1, 0.15) is 24.2 Å². The number of aryl methyl sites for hydroxylation is 2. The zero-order valence-electron chi connectivity index (χ0n) is 11.5. The van der Waals surface area contributed by atoms with E-state index in [0.717, 1.165) is 23.6 Å². The minimum Gasteiger partial charge on any atom is -0.487 e. The smallest absolute Gasteiger partial charge is 0.263 e. The van der Waals surface area contributed by atoms with E-state index in [1.807, 2.05) is 20.9 Å². The van der Waals surface area contributed by atoms with Gasteiger partial charge in [0.1, 0.15) is 18.4 Å². The fourth-order valence-corrected chi connectivity index (χ4v) is 2.25. The Morgan fingerprint density at radius 2 is 2.32 bits per heavy atom. The van der Waals surface area contributed by atoms with Crippen LogP contribution in [-0.2, 0) is 16.6 Å². The van der Waals surface area contributed by atoms with Gasteiger partial charge in [-0.25, -0.2) is 5.84 Å². The summed E-state index contributed by atoms with van der Waals surface area (Å²) in [6.45, 7) is 4.28. The van der Waals surface area contributed by atoms with Gasteiger partial charge in [-0.3, -0.25) is 14.9 Å². The molecule has 0 radical (unpaired) electrons. The fraction of sp³-hybridized carbons (Fsp3) is 0.667. The Morgan fingerprint density at radius 1 is 1.58 bits per heavy atom. The first-order chi connectivity index (χ1) is 9.02. The summed E-state index contributed by atoms with van der Waals surface area (Å²) in [5.74, 6) is 5.59. The predicted molar refractivity (Wildman–Crippen MR) is 68.4 cm³/mol. The first-order valence-corrected chi connectivity index (χ1v) is 6.31. The third-order valence-corrected chi connectivity index (χ3v) is 3.40. The van der Waals surface area contributed by atoms with E-state index < -0.39 is 6.10 Å². The number of nitrogens with one attached hydrogen (secondary N) is 1. The lowest BCUT2D eigenvalue weighted by atomic mass is 10.2. The molecule has 1 amide bonds. The van der Waals surface area contributed by atoms with Gasteiger partial charge in [-0.1, -0.05) is 0 Å². The second-order valence-corrected chi connectivity index (χ2v) is 4.77. The van der Waals surface area contributed by atoms with E-state index in [2.05, 4.69) is 10.5 Å². The van der Waals surface area contributed by atoms with Crippen molar-refractivity contribution in [2.75, 3.05) is 6.61 Å². The van der Waals surface area contributed by atoms with Gasteiger partial charge in [-0.2, -0.15) is 5.10 Å². The summed E-state index contributed by atoms with van der Waals surface area (Å²) in [5, 5.41) is 4.28. The number of carbonyl (C=O) groups is 1. The van der Waals surface area contributed by atoms with Crippen LogP contribution < -0.4 is 16.0 Å². The van der Waals surface area contributed by atoms with Gasteiger partial charge in [0.15, 0.2) is 5.75 Å². The van der Waals surface area contributed by atoms with Crippen molar-refractivity contribution >= 4 is 5.91 Å². The maximum atomic E-state index is 11.3. The summed E-state index contributed by atoms with van der Waals surface area (Å²) in [5.41, 5.74) is 3.94. The molecular formula is C12H20N4O3. The van der Waals surface area contributed by atoms with Crippen molar-refractivity contribution in [2.45, 2.75) is 38.9 Å². The molecular weight excluding hydrogens is 248 g/mol. The lowest BCUT2D eigenvalue weighted by molar-refractivity contribution is -0.132. The van der Waals surface area contributed by atoms with Crippen LogP contribution in [0.15, 0.2) is 0 Å². The number of aromatic nitrogens is 2. The molecule has 0 bridgehead atoms. The Kier molecular flexibility index (Phi) is 4.06. The van der Waals surface area contributed by atoms with Crippen LogP contribution in [0.5, 0.6) is 5.75 Å². The minimum atomic E-state index is -0.463. The molecule has 1 fully saturated rings. The zero-order chi connectivity index (χ0) is 14.0. The topological polar surface area (TPSA) is 91.4 Å². The van der Waals surface area contributed by atoms with Crippen LogP contribution >= 0.6 is 0 Å². The first-order valence-electron chi connectivity index (χ1n) is 6.31. The number of nitrogens with zero attached hydrogens (tertiary/aromatic N) is 2. The number of ether oxygens (including phenoxy) is 2. The molecule has 7 nitrogen and oxygen atoms in total. The van der Waals surface area contributed by atoms with Crippen LogP contribution in [0, 0.1) is 13.8 Å². The molecule has 1 aromatic rings. The molecule has 106 valence electrons. The van der Waals surface area contributed by atoms with Gasteiger partial charge < -0.3 is 9.47 Å². The van der Waals surface area contributed by atoms with Gasteiger partial charge >= 0.3 is 0 Å². The molecule has 1 aliphatic heterocycles. The fourth-order valence-electron chi connectivity index (χ4n) is 2.25. The van der Waals surface area contributed by atoms with E-state index in [-0.39, 0.29) is 12.0 Å². The van der Waals surface area contributed by atoms with Crippen molar-refractivity contribution in [3.8, 4) is 5.75 Å². The van der Waals surface area contributed by atoms with Gasteiger partial charge in [-0.15, -0.1) is 0 Å². The quantitative estimate of drug-likeness (QED) is 0.454. The lowest BCUT2D eigenvalue weighted by Crippen LogP contribution is -2.39. The van der Waals surface area contributed by atoms with E-state index in [4.69, 9.17) is 15.3 Å². The van der Waals surface area contributed by atoms with Crippen molar-refractivity contribution in [1.82, 2.24) is 15.2 Å². The average Bonchev–Trinajstić information content (AvgIpc) is 2.94. The number of hydrazine groups is 1. The highest BCUT2D eigenvalue weighted by atomic mass is 16.5. The largest absolute Gasteiger partial charge is 0.487 e. The molecule has 1 aromatic heterocycles. The molecule has 3 N–H and O–H groups in total. The summed E-state index contributed by atoms with van der Waals surface area (Å²) < 4.78 is 13.1. The van der Waals surface area contributed by atoms with E-state index in [1.165, 1.54) is 0 Å². The van der Waals surface area contributed by atoms with E-state index in [9.17, 15) is 4.79 Å². The lowest BCUT2D eigenvalue weighted by Gasteiger charge is -2.13. The van der Waals surface area contributed by atoms with Gasteiger partial charge in [0.25, 0.3) is 5.91 Å². The van der Waals surface area contributed by atoms with Gasteiger partial charge in [0.2, 0.25) is 0 Å². The summed E-state index contributed by atoms with van der Waals surface area (Å²) in [6, 6.07) is 0. The molecule has 0 saturated carbocycles. The number of hydrogen-bond donors (Lipinski definition) is 2. The van der Waals surface area contributed by atoms with Crippen molar-refractivity contribution in [2.24, 2.45) is 12.9 Å². The molecule has 19 heavy (non-hydrogen) atoms. The molecule has 7 heteroatoms. The van der Waals surface area contributed by atoms with E-state index in [1.54, 1.807) is 4.68 Å². The summed E-state index contributed by atoms with van der Waals surface area (Å²) in [6.07, 6.45) is 0.911. The Labute approximate surface area is 112 Å². The molecule has 0 spiro atoms. The van der Waals surface area contributed by atoms with Gasteiger partial charge in [0, 0.05) is 7.05 Å². The molecule has 1 saturated heterocycles.